The number of carbonyl (C=O) groups is 1. The van der Waals surface area contributed by atoms with Crippen molar-refractivity contribution in [2.24, 2.45) is 14.1 Å². The first-order valence-electron chi connectivity index (χ1n) is 7.15. The Morgan fingerprint density at radius 3 is 2.72 bits per heavy atom. The molecule has 0 aliphatic rings. The highest BCUT2D eigenvalue weighted by Gasteiger charge is 2.17. The van der Waals surface area contributed by atoms with E-state index in [1.54, 1.807) is 25.5 Å². The van der Waals surface area contributed by atoms with Crippen molar-refractivity contribution in [3.8, 4) is 0 Å². The number of aromatic nitrogens is 5. The van der Waals surface area contributed by atoms with Crippen LogP contribution in [-0.4, -0.2) is 35.7 Å². The van der Waals surface area contributed by atoms with Crippen LogP contribution < -0.4 is 16.6 Å². The predicted molar refractivity (Wildman–Crippen MR) is 96.2 cm³/mol. The van der Waals surface area contributed by atoms with Crippen LogP contribution >= 0.6 is 23.1 Å². The molecule has 0 radical (unpaired) electrons. The van der Waals surface area contributed by atoms with Crippen molar-refractivity contribution >= 4 is 45.2 Å². The molecule has 130 valence electrons. The van der Waals surface area contributed by atoms with Gasteiger partial charge in [0.2, 0.25) is 5.91 Å². The molecule has 0 atom stereocenters. The number of hydrogen-bond acceptors (Lipinski definition) is 8. The highest BCUT2D eigenvalue weighted by molar-refractivity contribution is 8.00. The molecule has 1 N–H and O–H groups in total. The maximum absolute atomic E-state index is 12.5. The van der Waals surface area contributed by atoms with Crippen LogP contribution in [0.2, 0.25) is 0 Å². The number of amides is 1. The standard InChI is InChI=1S/C14H14N6O3S2/c1-7-16-10-9(12(22)20(3)14(23)19(10)2)11(17-7)25-6-8(21)18-13-15-4-5-24-13/h4-5H,6H2,1-3H3,(H,15,18,21). The van der Waals surface area contributed by atoms with Crippen LogP contribution in [-0.2, 0) is 18.9 Å². The lowest BCUT2D eigenvalue weighted by Crippen LogP contribution is -2.37. The van der Waals surface area contributed by atoms with E-state index in [0.29, 0.717) is 16.0 Å². The van der Waals surface area contributed by atoms with Gasteiger partial charge in [-0.05, 0) is 6.92 Å². The molecule has 0 saturated heterocycles. The van der Waals surface area contributed by atoms with E-state index in [-0.39, 0.29) is 22.7 Å². The average molecular weight is 378 g/mol. The highest BCUT2D eigenvalue weighted by Crippen LogP contribution is 2.22. The number of hydrogen-bond donors (Lipinski definition) is 1. The molecule has 0 spiro atoms. The Morgan fingerprint density at radius 2 is 2.04 bits per heavy atom. The van der Waals surface area contributed by atoms with E-state index in [1.807, 2.05) is 0 Å². The lowest BCUT2D eigenvalue weighted by molar-refractivity contribution is -0.113. The van der Waals surface area contributed by atoms with Gasteiger partial charge in [0, 0.05) is 25.7 Å². The summed E-state index contributed by atoms with van der Waals surface area (Å²) in [5.41, 5.74) is -0.697. The van der Waals surface area contributed by atoms with Gasteiger partial charge in [0.1, 0.15) is 16.2 Å². The molecule has 0 fully saturated rings. The molecule has 3 aromatic heterocycles. The van der Waals surface area contributed by atoms with Gasteiger partial charge in [-0.1, -0.05) is 11.8 Å². The molecule has 11 heteroatoms. The van der Waals surface area contributed by atoms with Gasteiger partial charge in [-0.15, -0.1) is 11.3 Å². The zero-order chi connectivity index (χ0) is 18.1. The summed E-state index contributed by atoms with van der Waals surface area (Å²) in [4.78, 5) is 49.0. The second-order valence-electron chi connectivity index (χ2n) is 5.15. The van der Waals surface area contributed by atoms with Gasteiger partial charge in [-0.3, -0.25) is 18.7 Å². The van der Waals surface area contributed by atoms with E-state index < -0.39 is 11.2 Å². The number of thioether (sulfide) groups is 1. The zero-order valence-corrected chi connectivity index (χ0v) is 15.3. The normalized spacial score (nSPS) is 11.0. The SMILES string of the molecule is Cc1nc(SCC(=O)Nc2nccs2)c2c(=O)n(C)c(=O)n(C)c2n1. The second-order valence-corrected chi connectivity index (χ2v) is 7.01. The van der Waals surface area contributed by atoms with Gasteiger partial charge in [0.25, 0.3) is 5.56 Å². The quantitative estimate of drug-likeness (QED) is 0.520. The molecule has 1 amide bonds. The van der Waals surface area contributed by atoms with E-state index in [0.717, 1.165) is 16.3 Å². The van der Waals surface area contributed by atoms with Gasteiger partial charge in [-0.25, -0.2) is 19.7 Å². The van der Waals surface area contributed by atoms with Crippen molar-refractivity contribution in [2.45, 2.75) is 11.9 Å². The fourth-order valence-corrected chi connectivity index (χ4v) is 3.62. The van der Waals surface area contributed by atoms with Crippen molar-refractivity contribution in [2.75, 3.05) is 11.1 Å². The van der Waals surface area contributed by atoms with Crippen molar-refractivity contribution in [3.63, 3.8) is 0 Å². The summed E-state index contributed by atoms with van der Waals surface area (Å²) in [6, 6.07) is 0. The number of fused-ring (bicyclic) bond motifs is 1. The van der Waals surface area contributed by atoms with Crippen LogP contribution in [0.4, 0.5) is 5.13 Å². The lowest BCUT2D eigenvalue weighted by atomic mass is 10.4. The fraction of sp³-hybridized carbons (Fsp3) is 0.286. The molecule has 0 bridgehead atoms. The maximum atomic E-state index is 12.5. The largest absolute Gasteiger partial charge is 0.332 e. The van der Waals surface area contributed by atoms with E-state index in [1.165, 1.54) is 23.0 Å². The molecular weight excluding hydrogens is 364 g/mol. The number of rotatable bonds is 4. The summed E-state index contributed by atoms with van der Waals surface area (Å²) in [7, 11) is 2.94. The van der Waals surface area contributed by atoms with Gasteiger partial charge in [0.05, 0.1) is 5.75 Å². The first-order chi connectivity index (χ1) is 11.9. The Bertz CT molecular complexity index is 1070. The minimum absolute atomic E-state index is 0.0527. The Kier molecular flexibility index (Phi) is 4.68. The third-order valence-electron chi connectivity index (χ3n) is 3.40. The molecule has 0 aliphatic heterocycles. The molecule has 0 aromatic carbocycles. The van der Waals surface area contributed by atoms with E-state index >= 15 is 0 Å². The molecule has 0 saturated carbocycles. The third kappa shape index (κ3) is 3.33. The number of aryl methyl sites for hydroxylation is 2. The minimum Gasteiger partial charge on any atom is -0.301 e. The van der Waals surface area contributed by atoms with E-state index in [9.17, 15) is 14.4 Å². The fourth-order valence-electron chi connectivity index (χ4n) is 2.21. The third-order valence-corrected chi connectivity index (χ3v) is 5.06. The molecule has 0 unspecified atom stereocenters. The molecule has 3 rings (SSSR count). The number of anilines is 1. The average Bonchev–Trinajstić information content (AvgIpc) is 3.08. The van der Waals surface area contributed by atoms with Gasteiger partial charge >= 0.3 is 5.69 Å². The smallest absolute Gasteiger partial charge is 0.301 e. The maximum Gasteiger partial charge on any atom is 0.332 e. The Balaban J connectivity index is 1.97. The van der Waals surface area contributed by atoms with Crippen LogP contribution in [0.3, 0.4) is 0 Å². The van der Waals surface area contributed by atoms with E-state index in [4.69, 9.17) is 0 Å². The van der Waals surface area contributed by atoms with Crippen LogP contribution in [0.25, 0.3) is 11.0 Å². The topological polar surface area (TPSA) is 112 Å². The summed E-state index contributed by atoms with van der Waals surface area (Å²) < 4.78 is 2.30. The number of carbonyl (C=O) groups excluding carboxylic acids is 1. The molecule has 9 nitrogen and oxygen atoms in total. The first kappa shape index (κ1) is 17.3. The number of thiazole rings is 1. The Labute approximate surface area is 149 Å². The summed E-state index contributed by atoms with van der Waals surface area (Å²) in [6.45, 7) is 1.67. The molecule has 3 aromatic rings. The van der Waals surface area contributed by atoms with Gasteiger partial charge in [0.15, 0.2) is 10.8 Å². The highest BCUT2D eigenvalue weighted by atomic mass is 32.2. The summed E-state index contributed by atoms with van der Waals surface area (Å²) in [6.07, 6.45) is 1.60. The second kappa shape index (κ2) is 6.76. The molecule has 25 heavy (non-hydrogen) atoms. The molecule has 3 heterocycles. The van der Waals surface area contributed by atoms with Crippen molar-refractivity contribution in [1.82, 2.24) is 24.1 Å². The van der Waals surface area contributed by atoms with Crippen LogP contribution in [0, 0.1) is 6.92 Å². The van der Waals surface area contributed by atoms with E-state index in [2.05, 4.69) is 20.3 Å². The predicted octanol–water partition coefficient (Wildman–Crippen LogP) is 0.523. The lowest BCUT2D eigenvalue weighted by Gasteiger charge is -2.10. The van der Waals surface area contributed by atoms with Gasteiger partial charge < -0.3 is 5.32 Å². The minimum atomic E-state index is -0.485. The zero-order valence-electron chi connectivity index (χ0n) is 13.6. The van der Waals surface area contributed by atoms with Crippen molar-refractivity contribution in [1.29, 1.82) is 0 Å². The van der Waals surface area contributed by atoms with Crippen molar-refractivity contribution < 1.29 is 4.79 Å². The Hall–Kier alpha value is -2.53. The Morgan fingerprint density at radius 1 is 1.28 bits per heavy atom. The van der Waals surface area contributed by atoms with Crippen LogP contribution in [0.1, 0.15) is 5.82 Å². The van der Waals surface area contributed by atoms with Crippen LogP contribution in [0.15, 0.2) is 26.2 Å². The summed E-state index contributed by atoms with van der Waals surface area (Å²) >= 11 is 2.43. The molecule has 0 aliphatic carbocycles. The number of nitrogens with zero attached hydrogens (tertiary/aromatic N) is 5. The monoisotopic (exact) mass is 378 g/mol. The van der Waals surface area contributed by atoms with Crippen molar-refractivity contribution in [3.05, 3.63) is 38.2 Å². The molecular formula is C14H14N6O3S2. The van der Waals surface area contributed by atoms with Crippen LogP contribution in [0.5, 0.6) is 0 Å². The first-order valence-corrected chi connectivity index (χ1v) is 9.01. The summed E-state index contributed by atoms with van der Waals surface area (Å²) in [5.74, 6) is 0.210. The van der Waals surface area contributed by atoms with Gasteiger partial charge in [-0.2, -0.15) is 0 Å². The summed E-state index contributed by atoms with van der Waals surface area (Å²) in [5, 5.41) is 5.53. The number of nitrogens with one attached hydrogen (secondary N) is 1.